The number of aromatic nitrogens is 2. The molecule has 2 aromatic carbocycles. The third-order valence-electron chi connectivity index (χ3n) is 3.33. The molecule has 0 amide bonds. The molecule has 0 atom stereocenters. The molecule has 0 aliphatic rings. The van der Waals surface area contributed by atoms with Gasteiger partial charge in [0, 0.05) is 5.69 Å². The van der Waals surface area contributed by atoms with Crippen molar-refractivity contribution in [1.82, 2.24) is 9.55 Å². The molecule has 3 aromatic rings. The number of hydrogen-bond acceptors (Lipinski definition) is 3. The number of para-hydroxylation sites is 2. The molecule has 0 bridgehead atoms. The van der Waals surface area contributed by atoms with Crippen LogP contribution in [-0.2, 0) is 6.42 Å². The fourth-order valence-electron chi connectivity index (χ4n) is 2.46. The third kappa shape index (κ3) is 1.90. The quantitative estimate of drug-likeness (QED) is 0.722. The number of nitrogens with two attached hydrogens (primary N) is 1. The van der Waals surface area contributed by atoms with Crippen molar-refractivity contribution in [3.8, 4) is 11.8 Å². The number of benzene rings is 2. The Bertz CT molecular complexity index is 824. The van der Waals surface area contributed by atoms with Crippen molar-refractivity contribution in [1.29, 1.82) is 5.26 Å². The van der Waals surface area contributed by atoms with Crippen LogP contribution in [0.5, 0.6) is 0 Å². The number of nitrogens with zero attached hydrogens (tertiary/aromatic N) is 3. The van der Waals surface area contributed by atoms with Gasteiger partial charge in [-0.15, -0.1) is 0 Å². The first-order valence-corrected chi connectivity index (χ1v) is 6.40. The van der Waals surface area contributed by atoms with Gasteiger partial charge in [0.2, 0.25) is 0 Å². The normalized spacial score (nSPS) is 10.6. The number of aryl methyl sites for hydroxylation is 1. The standard InChI is InChI=1S/C16H14N4/c1-11-10-12(18)6-7-14(11)20-15-5-3-2-4-13(15)19-16(20)8-9-17/h2-7,10H,8,18H2,1H3. The van der Waals surface area contributed by atoms with Gasteiger partial charge in [-0.1, -0.05) is 12.1 Å². The van der Waals surface area contributed by atoms with E-state index in [0.29, 0.717) is 0 Å². The highest BCUT2D eigenvalue weighted by atomic mass is 15.1. The van der Waals surface area contributed by atoms with Crippen LogP contribution in [0.3, 0.4) is 0 Å². The van der Waals surface area contributed by atoms with Gasteiger partial charge in [-0.3, -0.25) is 4.57 Å². The second-order valence-electron chi connectivity index (χ2n) is 4.73. The lowest BCUT2D eigenvalue weighted by Gasteiger charge is -2.11. The van der Waals surface area contributed by atoms with E-state index in [1.165, 1.54) is 0 Å². The van der Waals surface area contributed by atoms with Gasteiger partial charge >= 0.3 is 0 Å². The summed E-state index contributed by atoms with van der Waals surface area (Å²) in [5, 5.41) is 9.01. The van der Waals surface area contributed by atoms with E-state index in [1.54, 1.807) is 0 Å². The maximum Gasteiger partial charge on any atom is 0.128 e. The lowest BCUT2D eigenvalue weighted by Crippen LogP contribution is -2.03. The lowest BCUT2D eigenvalue weighted by atomic mass is 10.1. The number of hydrogen-bond donors (Lipinski definition) is 1. The van der Waals surface area contributed by atoms with E-state index < -0.39 is 0 Å². The van der Waals surface area contributed by atoms with Crippen LogP contribution in [0.1, 0.15) is 11.4 Å². The molecule has 20 heavy (non-hydrogen) atoms. The Hall–Kier alpha value is -2.80. The fourth-order valence-corrected chi connectivity index (χ4v) is 2.46. The number of nitrogen functional groups attached to an aromatic ring is 1. The Morgan fingerprint density at radius 1 is 1.25 bits per heavy atom. The van der Waals surface area contributed by atoms with Crippen molar-refractivity contribution >= 4 is 16.7 Å². The summed E-state index contributed by atoms with van der Waals surface area (Å²) in [6, 6.07) is 15.8. The summed E-state index contributed by atoms with van der Waals surface area (Å²) in [6.07, 6.45) is 0.276. The SMILES string of the molecule is Cc1cc(N)ccc1-n1c(CC#N)nc2ccccc21. The molecular formula is C16H14N4. The second kappa shape index (κ2) is 4.71. The zero-order chi connectivity index (χ0) is 14.1. The first-order chi connectivity index (χ1) is 9.70. The van der Waals surface area contributed by atoms with Gasteiger partial charge in [0.05, 0.1) is 29.2 Å². The van der Waals surface area contributed by atoms with Gasteiger partial charge in [-0.05, 0) is 42.8 Å². The molecule has 0 radical (unpaired) electrons. The molecule has 98 valence electrons. The van der Waals surface area contributed by atoms with Crippen LogP contribution in [0.4, 0.5) is 5.69 Å². The number of fused-ring (bicyclic) bond motifs is 1. The van der Waals surface area contributed by atoms with E-state index in [1.807, 2.05) is 54.0 Å². The van der Waals surface area contributed by atoms with Crippen LogP contribution in [0.2, 0.25) is 0 Å². The highest BCUT2D eigenvalue weighted by Crippen LogP contribution is 2.25. The number of imidazole rings is 1. The van der Waals surface area contributed by atoms with E-state index in [-0.39, 0.29) is 6.42 Å². The minimum atomic E-state index is 0.276. The van der Waals surface area contributed by atoms with Crippen LogP contribution in [0.15, 0.2) is 42.5 Å². The maximum absolute atomic E-state index is 9.01. The molecule has 1 heterocycles. The van der Waals surface area contributed by atoms with E-state index in [9.17, 15) is 0 Å². The third-order valence-corrected chi connectivity index (χ3v) is 3.33. The summed E-state index contributed by atoms with van der Waals surface area (Å²) in [6.45, 7) is 2.01. The largest absolute Gasteiger partial charge is 0.399 e. The molecule has 0 unspecified atom stereocenters. The molecule has 0 spiro atoms. The first-order valence-electron chi connectivity index (χ1n) is 6.40. The minimum absolute atomic E-state index is 0.276. The van der Waals surface area contributed by atoms with Gasteiger partial charge in [-0.25, -0.2) is 4.98 Å². The number of anilines is 1. The molecule has 2 N–H and O–H groups in total. The summed E-state index contributed by atoms with van der Waals surface area (Å²) in [5.74, 6) is 0.751. The van der Waals surface area contributed by atoms with Gasteiger partial charge in [-0.2, -0.15) is 5.26 Å². The predicted octanol–water partition coefficient (Wildman–Crippen LogP) is 2.98. The van der Waals surface area contributed by atoms with E-state index in [2.05, 4.69) is 11.1 Å². The minimum Gasteiger partial charge on any atom is -0.399 e. The van der Waals surface area contributed by atoms with Crippen molar-refractivity contribution in [3.05, 3.63) is 53.9 Å². The van der Waals surface area contributed by atoms with Crippen LogP contribution in [-0.4, -0.2) is 9.55 Å². The smallest absolute Gasteiger partial charge is 0.128 e. The van der Waals surface area contributed by atoms with Crippen molar-refractivity contribution < 1.29 is 0 Å². The number of rotatable bonds is 2. The average Bonchev–Trinajstić information content (AvgIpc) is 2.78. The second-order valence-corrected chi connectivity index (χ2v) is 4.73. The molecule has 0 aliphatic carbocycles. The average molecular weight is 262 g/mol. The maximum atomic E-state index is 9.01. The topological polar surface area (TPSA) is 67.6 Å². The fraction of sp³-hybridized carbons (Fsp3) is 0.125. The molecule has 3 rings (SSSR count). The molecular weight excluding hydrogens is 248 g/mol. The Labute approximate surface area is 117 Å². The molecule has 0 fully saturated rings. The molecule has 0 aliphatic heterocycles. The molecule has 4 heteroatoms. The summed E-state index contributed by atoms with van der Waals surface area (Å²) >= 11 is 0. The zero-order valence-electron chi connectivity index (χ0n) is 11.2. The first kappa shape index (κ1) is 12.2. The van der Waals surface area contributed by atoms with Crippen LogP contribution >= 0.6 is 0 Å². The lowest BCUT2D eigenvalue weighted by molar-refractivity contribution is 0.947. The monoisotopic (exact) mass is 262 g/mol. The van der Waals surface area contributed by atoms with Crippen LogP contribution in [0.25, 0.3) is 16.7 Å². The predicted molar refractivity (Wildman–Crippen MR) is 79.5 cm³/mol. The number of nitriles is 1. The molecule has 1 aromatic heterocycles. The summed E-state index contributed by atoms with van der Waals surface area (Å²) < 4.78 is 2.04. The Kier molecular flexibility index (Phi) is 2.88. The highest BCUT2D eigenvalue weighted by molar-refractivity contribution is 5.79. The van der Waals surface area contributed by atoms with Gasteiger partial charge in [0.25, 0.3) is 0 Å². The molecule has 0 saturated carbocycles. The summed E-state index contributed by atoms with van der Waals surface area (Å²) in [5.41, 5.74) is 10.5. The van der Waals surface area contributed by atoms with Gasteiger partial charge < -0.3 is 5.73 Å². The Morgan fingerprint density at radius 2 is 2.05 bits per heavy atom. The van der Waals surface area contributed by atoms with E-state index in [4.69, 9.17) is 11.0 Å². The van der Waals surface area contributed by atoms with Crippen LogP contribution in [0, 0.1) is 18.3 Å². The van der Waals surface area contributed by atoms with Crippen molar-refractivity contribution in [2.45, 2.75) is 13.3 Å². The zero-order valence-corrected chi connectivity index (χ0v) is 11.2. The van der Waals surface area contributed by atoms with Crippen molar-refractivity contribution in [2.24, 2.45) is 0 Å². The summed E-state index contributed by atoms with van der Waals surface area (Å²) in [7, 11) is 0. The van der Waals surface area contributed by atoms with Crippen molar-refractivity contribution in [2.75, 3.05) is 5.73 Å². The van der Waals surface area contributed by atoms with Crippen LogP contribution < -0.4 is 5.73 Å². The highest BCUT2D eigenvalue weighted by Gasteiger charge is 2.13. The Balaban J connectivity index is 2.33. The van der Waals surface area contributed by atoms with Gasteiger partial charge in [0.15, 0.2) is 0 Å². The molecule has 0 saturated heterocycles. The summed E-state index contributed by atoms with van der Waals surface area (Å²) in [4.78, 5) is 4.55. The van der Waals surface area contributed by atoms with E-state index >= 15 is 0 Å². The molecule has 4 nitrogen and oxygen atoms in total. The Morgan fingerprint density at radius 3 is 2.80 bits per heavy atom. The van der Waals surface area contributed by atoms with Gasteiger partial charge in [0.1, 0.15) is 5.82 Å². The van der Waals surface area contributed by atoms with Crippen molar-refractivity contribution in [3.63, 3.8) is 0 Å². The van der Waals surface area contributed by atoms with E-state index in [0.717, 1.165) is 33.8 Å².